The Morgan fingerprint density at radius 1 is 1.33 bits per heavy atom. The molecule has 1 aromatic rings. The summed E-state index contributed by atoms with van der Waals surface area (Å²) in [6.07, 6.45) is 1.54. The molecule has 1 N–H and O–H groups in total. The van der Waals surface area contributed by atoms with Crippen molar-refractivity contribution >= 4 is 46.0 Å². The molecule has 1 atom stereocenters. The highest BCUT2D eigenvalue weighted by atomic mass is 127. The fraction of sp³-hybridized carbons (Fsp3) is 0.467. The smallest absolute Gasteiger partial charge is 0.254 e. The first-order valence-corrected chi connectivity index (χ1v) is 8.49. The number of halogens is 2. The Hall–Kier alpha value is -0.820. The van der Waals surface area contributed by atoms with E-state index in [4.69, 9.17) is 11.6 Å². The quantitative estimate of drug-likeness (QED) is 0.604. The molecule has 21 heavy (non-hydrogen) atoms. The van der Waals surface area contributed by atoms with Crippen molar-refractivity contribution < 1.29 is 9.59 Å². The lowest BCUT2D eigenvalue weighted by molar-refractivity contribution is -0.121. The van der Waals surface area contributed by atoms with Crippen LogP contribution in [0.25, 0.3) is 0 Å². The Morgan fingerprint density at radius 3 is 2.52 bits per heavy atom. The number of carbonyl (C=O) groups excluding carboxylic acids is 2. The second kappa shape index (κ2) is 7.45. The Balaban J connectivity index is 1.91. The van der Waals surface area contributed by atoms with Crippen molar-refractivity contribution in [2.24, 2.45) is 0 Å². The second-order valence-electron chi connectivity index (χ2n) is 5.17. The van der Waals surface area contributed by atoms with Crippen LogP contribution in [0.2, 0.25) is 0 Å². The van der Waals surface area contributed by atoms with Gasteiger partial charge in [0.25, 0.3) is 5.91 Å². The zero-order valence-electron chi connectivity index (χ0n) is 11.8. The first-order valence-electron chi connectivity index (χ1n) is 6.97. The van der Waals surface area contributed by atoms with Crippen molar-refractivity contribution in [3.8, 4) is 0 Å². The molecule has 0 aliphatic carbocycles. The van der Waals surface area contributed by atoms with Crippen LogP contribution in [-0.4, -0.2) is 41.2 Å². The fourth-order valence-electron chi connectivity index (χ4n) is 2.35. The van der Waals surface area contributed by atoms with Crippen LogP contribution in [-0.2, 0) is 4.79 Å². The summed E-state index contributed by atoms with van der Waals surface area (Å²) >= 11 is 7.93. The lowest BCUT2D eigenvalue weighted by Crippen LogP contribution is -2.47. The molecule has 0 saturated carbocycles. The minimum atomic E-state index is -0.518. The average molecular weight is 421 g/mol. The minimum absolute atomic E-state index is 0.0653. The van der Waals surface area contributed by atoms with Crippen LogP contribution in [0.15, 0.2) is 24.3 Å². The Bertz CT molecular complexity index is 528. The normalized spacial score (nSPS) is 17.4. The monoisotopic (exact) mass is 420 g/mol. The molecule has 1 heterocycles. The largest absolute Gasteiger partial charge is 0.352 e. The number of amides is 2. The summed E-state index contributed by atoms with van der Waals surface area (Å²) in [5.41, 5.74) is 0.745. The van der Waals surface area contributed by atoms with E-state index in [0.717, 1.165) is 22.0 Å². The summed E-state index contributed by atoms with van der Waals surface area (Å²) in [7, 11) is 0. The van der Waals surface area contributed by atoms with Crippen molar-refractivity contribution in [2.75, 3.05) is 13.1 Å². The zero-order valence-corrected chi connectivity index (χ0v) is 14.7. The van der Waals surface area contributed by atoms with Gasteiger partial charge in [-0.25, -0.2) is 0 Å². The van der Waals surface area contributed by atoms with Gasteiger partial charge in [-0.2, -0.15) is 0 Å². The molecule has 1 fully saturated rings. The number of benzene rings is 1. The fourth-order valence-corrected chi connectivity index (χ4v) is 3.03. The second-order valence-corrected chi connectivity index (χ2v) is 6.99. The maximum Gasteiger partial charge on any atom is 0.254 e. The van der Waals surface area contributed by atoms with E-state index in [9.17, 15) is 9.59 Å². The van der Waals surface area contributed by atoms with Crippen LogP contribution >= 0.6 is 34.2 Å². The van der Waals surface area contributed by atoms with Crippen molar-refractivity contribution in [3.63, 3.8) is 0 Å². The molecule has 0 radical (unpaired) electrons. The maximum atomic E-state index is 12.5. The van der Waals surface area contributed by atoms with Crippen LogP contribution in [0, 0.1) is 3.57 Å². The van der Waals surface area contributed by atoms with Crippen LogP contribution in [0.1, 0.15) is 30.1 Å². The summed E-state index contributed by atoms with van der Waals surface area (Å²) in [4.78, 5) is 25.9. The van der Waals surface area contributed by atoms with Gasteiger partial charge in [0.15, 0.2) is 0 Å². The number of rotatable bonds is 3. The molecule has 1 aromatic carbocycles. The van der Waals surface area contributed by atoms with E-state index in [1.807, 2.05) is 29.2 Å². The topological polar surface area (TPSA) is 49.4 Å². The minimum Gasteiger partial charge on any atom is -0.352 e. The standard InChI is InChI=1S/C15H18ClIN2O2/c1-10(16)14(20)18-11-6-8-19(9-7-11)15(21)12-4-2-3-5-13(12)17/h2-5,10-11H,6-9H2,1H3,(H,18,20). The van der Waals surface area contributed by atoms with Crippen molar-refractivity contribution in [2.45, 2.75) is 31.2 Å². The van der Waals surface area contributed by atoms with E-state index < -0.39 is 5.38 Å². The number of likely N-dealkylation sites (tertiary alicyclic amines) is 1. The Labute approximate surface area is 143 Å². The lowest BCUT2D eigenvalue weighted by Gasteiger charge is -2.32. The first-order chi connectivity index (χ1) is 9.99. The van der Waals surface area contributed by atoms with Gasteiger partial charge in [0.05, 0.1) is 5.56 Å². The number of carbonyl (C=O) groups is 2. The highest BCUT2D eigenvalue weighted by Gasteiger charge is 2.26. The van der Waals surface area contributed by atoms with Gasteiger partial charge in [-0.3, -0.25) is 9.59 Å². The van der Waals surface area contributed by atoms with Crippen LogP contribution in [0.3, 0.4) is 0 Å². The Morgan fingerprint density at radius 2 is 1.95 bits per heavy atom. The predicted octanol–water partition coefficient (Wildman–Crippen LogP) is 2.64. The van der Waals surface area contributed by atoms with Gasteiger partial charge >= 0.3 is 0 Å². The lowest BCUT2D eigenvalue weighted by atomic mass is 10.0. The average Bonchev–Trinajstić information content (AvgIpc) is 2.47. The maximum absolute atomic E-state index is 12.5. The predicted molar refractivity (Wildman–Crippen MR) is 91.5 cm³/mol. The van der Waals surface area contributed by atoms with Crippen LogP contribution in [0.5, 0.6) is 0 Å². The molecule has 2 amide bonds. The van der Waals surface area contributed by atoms with E-state index in [1.54, 1.807) is 6.92 Å². The highest BCUT2D eigenvalue weighted by molar-refractivity contribution is 14.1. The molecule has 0 spiro atoms. The van der Waals surface area contributed by atoms with Gasteiger partial charge in [-0.05, 0) is 54.5 Å². The van der Waals surface area contributed by atoms with E-state index in [1.165, 1.54) is 0 Å². The van der Waals surface area contributed by atoms with E-state index in [2.05, 4.69) is 27.9 Å². The van der Waals surface area contributed by atoms with Crippen molar-refractivity contribution in [1.82, 2.24) is 10.2 Å². The zero-order chi connectivity index (χ0) is 15.4. The van der Waals surface area contributed by atoms with Gasteiger partial charge < -0.3 is 10.2 Å². The molecule has 0 aromatic heterocycles. The molecule has 4 nitrogen and oxygen atoms in total. The SMILES string of the molecule is CC(Cl)C(=O)NC1CCN(C(=O)c2ccccc2I)CC1. The van der Waals surface area contributed by atoms with Gasteiger partial charge in [0, 0.05) is 22.7 Å². The number of nitrogens with zero attached hydrogens (tertiary/aromatic N) is 1. The number of hydrogen-bond acceptors (Lipinski definition) is 2. The van der Waals surface area contributed by atoms with Crippen molar-refractivity contribution in [1.29, 1.82) is 0 Å². The highest BCUT2D eigenvalue weighted by Crippen LogP contribution is 2.18. The van der Waals surface area contributed by atoms with Gasteiger partial charge in [-0.15, -0.1) is 11.6 Å². The first kappa shape index (κ1) is 16.5. The van der Waals surface area contributed by atoms with E-state index in [-0.39, 0.29) is 17.9 Å². The molecule has 1 aliphatic rings. The molecule has 1 saturated heterocycles. The van der Waals surface area contributed by atoms with E-state index in [0.29, 0.717) is 13.1 Å². The van der Waals surface area contributed by atoms with Gasteiger partial charge in [-0.1, -0.05) is 12.1 Å². The molecule has 1 unspecified atom stereocenters. The van der Waals surface area contributed by atoms with Crippen LogP contribution in [0.4, 0.5) is 0 Å². The molecular formula is C15H18ClIN2O2. The third-order valence-electron chi connectivity index (χ3n) is 3.59. The number of alkyl halides is 1. The van der Waals surface area contributed by atoms with E-state index >= 15 is 0 Å². The number of hydrogen-bond donors (Lipinski definition) is 1. The molecule has 114 valence electrons. The molecule has 1 aliphatic heterocycles. The third kappa shape index (κ3) is 4.32. The van der Waals surface area contributed by atoms with Crippen LogP contribution < -0.4 is 5.32 Å². The van der Waals surface area contributed by atoms with Gasteiger partial charge in [0.2, 0.25) is 5.91 Å². The molecule has 6 heteroatoms. The number of nitrogens with one attached hydrogen (secondary N) is 1. The number of piperidine rings is 1. The summed E-state index contributed by atoms with van der Waals surface area (Å²) in [5, 5.41) is 2.40. The summed E-state index contributed by atoms with van der Waals surface area (Å²) < 4.78 is 0.964. The molecule has 2 rings (SSSR count). The van der Waals surface area contributed by atoms with Crippen molar-refractivity contribution in [3.05, 3.63) is 33.4 Å². The molecular weight excluding hydrogens is 403 g/mol. The Kier molecular flexibility index (Phi) is 5.87. The molecule has 0 bridgehead atoms. The third-order valence-corrected chi connectivity index (χ3v) is 4.73. The summed E-state index contributed by atoms with van der Waals surface area (Å²) in [6.45, 7) is 2.98. The summed E-state index contributed by atoms with van der Waals surface area (Å²) in [6, 6.07) is 7.70. The van der Waals surface area contributed by atoms with Gasteiger partial charge in [0.1, 0.15) is 5.38 Å². The summed E-state index contributed by atoms with van der Waals surface area (Å²) in [5.74, 6) is -0.0745.